The molecule has 1 unspecified atom stereocenters. The van der Waals surface area contributed by atoms with Crippen molar-refractivity contribution in [3.63, 3.8) is 0 Å². The molecule has 1 saturated carbocycles. The molecule has 1 atom stereocenters. The van der Waals surface area contributed by atoms with Crippen LogP contribution in [0.4, 0.5) is 0 Å². The summed E-state index contributed by atoms with van der Waals surface area (Å²) in [5.74, 6) is 1.49. The van der Waals surface area contributed by atoms with Gasteiger partial charge in [-0.3, -0.25) is 9.79 Å². The van der Waals surface area contributed by atoms with E-state index in [1.807, 2.05) is 0 Å². The second-order valence-electron chi connectivity index (χ2n) is 9.03. The van der Waals surface area contributed by atoms with Gasteiger partial charge in [-0.05, 0) is 51.2 Å². The van der Waals surface area contributed by atoms with Crippen molar-refractivity contribution in [3.05, 3.63) is 35.5 Å². The maximum Gasteiger partial charge on any atom is 0.225 e. The van der Waals surface area contributed by atoms with Crippen molar-refractivity contribution in [2.75, 3.05) is 26.2 Å². The molecule has 1 aliphatic carbocycles. The third kappa shape index (κ3) is 5.97. The lowest BCUT2D eigenvalue weighted by Gasteiger charge is -2.26. The molecule has 2 heterocycles. The number of rotatable bonds is 6. The molecule has 1 aromatic heterocycles. The molecule has 1 aliphatic heterocycles. The van der Waals surface area contributed by atoms with Gasteiger partial charge in [-0.2, -0.15) is 0 Å². The molecule has 2 aromatic rings. The van der Waals surface area contributed by atoms with Gasteiger partial charge in [0.05, 0.1) is 0 Å². The topological polar surface area (TPSA) is 72.5 Å². The van der Waals surface area contributed by atoms with E-state index in [1.54, 1.807) is 0 Å². The maximum absolute atomic E-state index is 12.8. The minimum Gasteiger partial charge on any atom is -0.358 e. The number of aliphatic imine (C=N–C) groups is 1. The number of fused-ring (bicyclic) bond motifs is 1. The van der Waals surface area contributed by atoms with Gasteiger partial charge in [-0.1, -0.05) is 37.5 Å². The Hall–Kier alpha value is -1.77. The van der Waals surface area contributed by atoms with Gasteiger partial charge in [0.15, 0.2) is 5.96 Å². The number of hydrogen-bond donors (Lipinski definition) is 3. The first-order chi connectivity index (χ1) is 15.2. The third-order valence-electron chi connectivity index (χ3n) is 6.80. The van der Waals surface area contributed by atoms with Crippen LogP contribution < -0.4 is 10.6 Å². The van der Waals surface area contributed by atoms with Crippen molar-refractivity contribution in [1.29, 1.82) is 0 Å². The number of aromatic amines is 1. The summed E-state index contributed by atoms with van der Waals surface area (Å²) in [7, 11) is 0. The van der Waals surface area contributed by atoms with Crippen LogP contribution in [0.5, 0.6) is 0 Å². The molecule has 0 spiro atoms. The van der Waals surface area contributed by atoms with Gasteiger partial charge in [0.2, 0.25) is 5.91 Å². The molecule has 3 N–H and O–H groups in total. The van der Waals surface area contributed by atoms with E-state index in [9.17, 15) is 4.79 Å². The number of hydrogen-bond acceptors (Lipinski definition) is 2. The number of nitrogens with zero attached hydrogens (tertiary/aromatic N) is 2. The minimum absolute atomic E-state index is 0. The summed E-state index contributed by atoms with van der Waals surface area (Å²) in [5, 5.41) is 8.24. The lowest BCUT2D eigenvalue weighted by Crippen LogP contribution is -2.45. The van der Waals surface area contributed by atoms with Crippen molar-refractivity contribution in [2.45, 2.75) is 64.8 Å². The van der Waals surface area contributed by atoms with Crippen molar-refractivity contribution in [1.82, 2.24) is 20.5 Å². The van der Waals surface area contributed by atoms with Gasteiger partial charge in [0.25, 0.3) is 0 Å². The standard InChI is InChI=1S/C25H37N5O.HI/c1-3-26-25(27-15-13-21-18(2)28-23-12-8-7-11-22(21)23)29-20-14-16-30(17-20)24(31)19-9-5-4-6-10-19;/h7-8,11-12,19-20,28H,3-6,9-10,13-17H2,1-2H3,(H2,26,27,29);1H. The highest BCUT2D eigenvalue weighted by Crippen LogP contribution is 2.27. The zero-order valence-corrected chi connectivity index (χ0v) is 21.8. The minimum atomic E-state index is 0. The summed E-state index contributed by atoms with van der Waals surface area (Å²) >= 11 is 0. The molecule has 7 heteroatoms. The highest BCUT2D eigenvalue weighted by molar-refractivity contribution is 14.0. The number of H-pyrrole nitrogens is 1. The van der Waals surface area contributed by atoms with E-state index in [0.29, 0.717) is 5.91 Å². The fraction of sp³-hybridized carbons (Fsp3) is 0.600. The zero-order chi connectivity index (χ0) is 21.6. The van der Waals surface area contributed by atoms with Gasteiger partial charge in [-0.15, -0.1) is 24.0 Å². The summed E-state index contributed by atoms with van der Waals surface area (Å²) in [6, 6.07) is 8.74. The van der Waals surface area contributed by atoms with E-state index in [1.165, 1.54) is 41.4 Å². The molecule has 0 radical (unpaired) electrons. The lowest BCUT2D eigenvalue weighted by molar-refractivity contribution is -0.135. The van der Waals surface area contributed by atoms with Gasteiger partial charge < -0.3 is 20.5 Å². The highest BCUT2D eigenvalue weighted by atomic mass is 127. The van der Waals surface area contributed by atoms with E-state index < -0.39 is 0 Å². The van der Waals surface area contributed by atoms with Crippen LogP contribution in [-0.4, -0.2) is 54.0 Å². The number of para-hydroxylation sites is 1. The normalized spacial score (nSPS) is 19.8. The van der Waals surface area contributed by atoms with Gasteiger partial charge in [0, 0.05) is 54.7 Å². The summed E-state index contributed by atoms with van der Waals surface area (Å²) in [4.78, 5) is 23.2. The Morgan fingerprint density at radius 3 is 2.75 bits per heavy atom. The molecule has 1 saturated heterocycles. The number of nitrogens with one attached hydrogen (secondary N) is 3. The SMILES string of the molecule is CCNC(=NCCc1c(C)[nH]c2ccccc12)NC1CCN(C(=O)C2CCCCC2)C1.I. The van der Waals surface area contributed by atoms with Crippen LogP contribution in [0.25, 0.3) is 10.9 Å². The first kappa shape index (κ1) is 24.9. The Balaban J connectivity index is 0.00000289. The van der Waals surface area contributed by atoms with Gasteiger partial charge in [0.1, 0.15) is 0 Å². The highest BCUT2D eigenvalue weighted by Gasteiger charge is 2.31. The van der Waals surface area contributed by atoms with Crippen LogP contribution in [0.2, 0.25) is 0 Å². The van der Waals surface area contributed by atoms with Crippen molar-refractivity contribution >= 4 is 46.7 Å². The first-order valence-corrected chi connectivity index (χ1v) is 12.1. The van der Waals surface area contributed by atoms with Crippen LogP contribution in [-0.2, 0) is 11.2 Å². The molecule has 4 rings (SSSR count). The predicted octanol–water partition coefficient (Wildman–Crippen LogP) is 4.37. The number of amides is 1. The number of carbonyl (C=O) groups is 1. The van der Waals surface area contributed by atoms with E-state index in [4.69, 9.17) is 4.99 Å². The Kier molecular flexibility index (Phi) is 9.25. The quantitative estimate of drug-likeness (QED) is 0.284. The molecule has 1 aromatic carbocycles. The largest absolute Gasteiger partial charge is 0.358 e. The van der Waals surface area contributed by atoms with Gasteiger partial charge in [-0.25, -0.2) is 0 Å². The van der Waals surface area contributed by atoms with Crippen LogP contribution in [0.1, 0.15) is 56.7 Å². The van der Waals surface area contributed by atoms with Crippen LogP contribution >= 0.6 is 24.0 Å². The number of halogens is 1. The average Bonchev–Trinajstić information content (AvgIpc) is 3.38. The molecule has 32 heavy (non-hydrogen) atoms. The Morgan fingerprint density at radius 1 is 1.19 bits per heavy atom. The Labute approximate surface area is 209 Å². The zero-order valence-electron chi connectivity index (χ0n) is 19.5. The van der Waals surface area contributed by atoms with Crippen molar-refractivity contribution in [3.8, 4) is 0 Å². The molecule has 6 nitrogen and oxygen atoms in total. The van der Waals surface area contributed by atoms with E-state index in [-0.39, 0.29) is 35.9 Å². The first-order valence-electron chi connectivity index (χ1n) is 12.1. The summed E-state index contributed by atoms with van der Waals surface area (Å²) in [6.45, 7) is 7.45. The summed E-state index contributed by atoms with van der Waals surface area (Å²) in [6.07, 6.45) is 7.75. The monoisotopic (exact) mass is 551 g/mol. The number of benzene rings is 1. The smallest absolute Gasteiger partial charge is 0.225 e. The molecular formula is C25H38IN5O. The molecule has 1 amide bonds. The molecule has 2 aliphatic rings. The Bertz CT molecular complexity index is 918. The van der Waals surface area contributed by atoms with E-state index in [0.717, 1.165) is 57.8 Å². The van der Waals surface area contributed by atoms with E-state index >= 15 is 0 Å². The second-order valence-corrected chi connectivity index (χ2v) is 9.03. The maximum atomic E-state index is 12.8. The number of likely N-dealkylation sites (tertiary alicyclic amines) is 1. The molecule has 0 bridgehead atoms. The summed E-state index contributed by atoms with van der Waals surface area (Å²) in [5.41, 5.74) is 3.76. The van der Waals surface area contributed by atoms with Crippen molar-refractivity contribution in [2.24, 2.45) is 10.9 Å². The average molecular weight is 552 g/mol. The van der Waals surface area contributed by atoms with Crippen LogP contribution in [0.3, 0.4) is 0 Å². The molecule has 176 valence electrons. The molecular weight excluding hydrogens is 513 g/mol. The number of carbonyl (C=O) groups excluding carboxylic acids is 1. The predicted molar refractivity (Wildman–Crippen MR) is 143 cm³/mol. The fourth-order valence-corrected chi connectivity index (χ4v) is 5.14. The second kappa shape index (κ2) is 11.9. The third-order valence-corrected chi connectivity index (χ3v) is 6.80. The molecule has 2 fully saturated rings. The van der Waals surface area contributed by atoms with Crippen LogP contribution in [0, 0.1) is 12.8 Å². The number of aryl methyl sites for hydroxylation is 1. The van der Waals surface area contributed by atoms with Crippen LogP contribution in [0.15, 0.2) is 29.3 Å². The van der Waals surface area contributed by atoms with Gasteiger partial charge >= 0.3 is 0 Å². The fourth-order valence-electron chi connectivity index (χ4n) is 5.14. The lowest BCUT2D eigenvalue weighted by atomic mass is 9.88. The number of guanidine groups is 1. The van der Waals surface area contributed by atoms with E-state index in [2.05, 4.69) is 58.6 Å². The van der Waals surface area contributed by atoms with Crippen molar-refractivity contribution < 1.29 is 4.79 Å². The Morgan fingerprint density at radius 2 is 1.97 bits per heavy atom. The number of aromatic nitrogens is 1. The summed E-state index contributed by atoms with van der Waals surface area (Å²) < 4.78 is 0.